The van der Waals surface area contributed by atoms with Crippen LogP contribution in [-0.2, 0) is 4.79 Å². The zero-order valence-electron chi connectivity index (χ0n) is 11.7. The number of benzene rings is 1. The molecule has 6 heteroatoms. The predicted molar refractivity (Wildman–Crippen MR) is 87.2 cm³/mol. The van der Waals surface area contributed by atoms with Gasteiger partial charge in [-0.25, -0.2) is 0 Å². The Bertz CT molecular complexity index is 713. The number of hydrogen-bond donors (Lipinski definition) is 1. The van der Waals surface area contributed by atoms with Crippen molar-refractivity contribution >= 4 is 24.6 Å². The molecular formula is C16H14N4O2. The third kappa shape index (κ3) is 4.68. The van der Waals surface area contributed by atoms with E-state index in [1.807, 2.05) is 18.2 Å². The Kier molecular flexibility index (Phi) is 5.57. The van der Waals surface area contributed by atoms with Gasteiger partial charge in [0.1, 0.15) is 17.7 Å². The molecule has 2 rings (SSSR count). The van der Waals surface area contributed by atoms with Crippen LogP contribution in [0.4, 0.5) is 0 Å². The van der Waals surface area contributed by atoms with Crippen LogP contribution in [0.25, 0.3) is 0 Å². The number of nitrogens with zero attached hydrogens (tertiary/aromatic N) is 3. The van der Waals surface area contributed by atoms with Gasteiger partial charge in [0.2, 0.25) is 0 Å². The monoisotopic (exact) mass is 294 g/mol. The van der Waals surface area contributed by atoms with Gasteiger partial charge in [-0.1, -0.05) is 12.1 Å². The Labute approximate surface area is 127 Å². The minimum atomic E-state index is -0.631. The van der Waals surface area contributed by atoms with E-state index in [1.165, 1.54) is 43.4 Å². The van der Waals surface area contributed by atoms with Gasteiger partial charge >= 0.3 is 0 Å². The largest absolute Gasteiger partial charge is 0.463 e. The average Bonchev–Trinajstić information content (AvgIpc) is 2.52. The number of carbonyl (C=O) groups excluding carboxylic acids is 1. The molecule has 0 atom stereocenters. The highest BCUT2D eigenvalue weighted by molar-refractivity contribution is 6.16. The van der Waals surface area contributed by atoms with Crippen molar-refractivity contribution in [1.29, 1.82) is 0 Å². The van der Waals surface area contributed by atoms with Gasteiger partial charge in [0.05, 0.1) is 6.20 Å². The van der Waals surface area contributed by atoms with Gasteiger partial charge in [-0.05, 0) is 24.3 Å². The first-order valence-electron chi connectivity index (χ1n) is 6.44. The second kappa shape index (κ2) is 8.11. The molecule has 0 radical (unpaired) electrons. The number of primary amides is 1. The number of para-hydroxylation sites is 1. The minimum Gasteiger partial charge on any atom is -0.463 e. The smallest absolute Gasteiger partial charge is 0.267 e. The summed E-state index contributed by atoms with van der Waals surface area (Å²) in [5.74, 6) is -0.0466. The standard InChI is InChI=1S/C16H14N4O2/c17-16(21)14-5-3-7-18-8-9-19-10-11-22-15-6-2-1-4-13(15)12-20-14/h1-12H,(H2,17,21). The fourth-order valence-corrected chi connectivity index (χ4v) is 1.52. The molecule has 0 bridgehead atoms. The highest BCUT2D eigenvalue weighted by atomic mass is 16.5. The van der Waals surface area contributed by atoms with Gasteiger partial charge in [-0.15, -0.1) is 0 Å². The Morgan fingerprint density at radius 2 is 1.86 bits per heavy atom. The number of hydrogen-bond acceptors (Lipinski definition) is 5. The third-order valence-electron chi connectivity index (χ3n) is 2.52. The number of ether oxygens (including phenoxy) is 1. The molecule has 1 aromatic rings. The van der Waals surface area contributed by atoms with E-state index >= 15 is 0 Å². The second-order valence-corrected chi connectivity index (χ2v) is 4.05. The summed E-state index contributed by atoms with van der Waals surface area (Å²) >= 11 is 0. The summed E-state index contributed by atoms with van der Waals surface area (Å²) in [6, 6.07) is 7.26. The summed E-state index contributed by atoms with van der Waals surface area (Å²) in [6.45, 7) is 0. The molecule has 0 unspecified atom stereocenters. The van der Waals surface area contributed by atoms with E-state index in [4.69, 9.17) is 10.5 Å². The van der Waals surface area contributed by atoms with Crippen molar-refractivity contribution in [2.75, 3.05) is 0 Å². The second-order valence-electron chi connectivity index (χ2n) is 4.05. The van der Waals surface area contributed by atoms with E-state index in [-0.39, 0.29) is 5.70 Å². The molecule has 0 aromatic heterocycles. The number of nitrogens with two attached hydrogens (primary N) is 1. The van der Waals surface area contributed by atoms with Gasteiger partial charge in [0, 0.05) is 30.4 Å². The summed E-state index contributed by atoms with van der Waals surface area (Å²) in [5.41, 5.74) is 6.11. The molecule has 110 valence electrons. The van der Waals surface area contributed by atoms with E-state index in [0.717, 1.165) is 0 Å². The lowest BCUT2D eigenvalue weighted by Crippen LogP contribution is -2.12. The molecule has 2 N–H and O–H groups in total. The molecule has 6 nitrogen and oxygen atoms in total. The Morgan fingerprint density at radius 3 is 2.68 bits per heavy atom. The summed E-state index contributed by atoms with van der Waals surface area (Å²) in [7, 11) is 0. The van der Waals surface area contributed by atoms with Gasteiger partial charge in [0.25, 0.3) is 5.91 Å². The van der Waals surface area contributed by atoms with Crippen molar-refractivity contribution in [2.24, 2.45) is 20.7 Å². The van der Waals surface area contributed by atoms with E-state index in [1.54, 1.807) is 12.1 Å². The summed E-state index contributed by atoms with van der Waals surface area (Å²) in [5, 5.41) is 0. The fraction of sp³-hybridized carbons (Fsp3) is 0. The van der Waals surface area contributed by atoms with E-state index in [9.17, 15) is 4.79 Å². The van der Waals surface area contributed by atoms with Gasteiger partial charge in [-0.3, -0.25) is 19.8 Å². The molecule has 0 aliphatic carbocycles. The van der Waals surface area contributed by atoms with Crippen molar-refractivity contribution < 1.29 is 9.53 Å². The highest BCUT2D eigenvalue weighted by Crippen LogP contribution is 2.16. The van der Waals surface area contributed by atoms with Gasteiger partial charge < -0.3 is 10.5 Å². The van der Waals surface area contributed by atoms with Crippen molar-refractivity contribution in [3.05, 3.63) is 66.3 Å². The number of rotatable bonds is 1. The normalized spacial score (nSPS) is 14.5. The summed E-state index contributed by atoms with van der Waals surface area (Å²) in [6.07, 6.45) is 12.0. The molecule has 1 aliphatic heterocycles. The first-order chi connectivity index (χ1) is 10.8. The Balaban J connectivity index is 2.40. The summed E-state index contributed by atoms with van der Waals surface area (Å²) in [4.78, 5) is 23.4. The molecule has 0 fully saturated rings. The molecule has 0 saturated heterocycles. The van der Waals surface area contributed by atoms with Crippen molar-refractivity contribution in [3.8, 4) is 5.75 Å². The van der Waals surface area contributed by atoms with Crippen LogP contribution in [0.1, 0.15) is 5.56 Å². The zero-order chi connectivity index (χ0) is 15.6. The number of carbonyl (C=O) groups is 1. The number of fused-ring (bicyclic) bond motifs is 1. The molecule has 0 saturated carbocycles. The van der Waals surface area contributed by atoms with E-state index in [2.05, 4.69) is 15.0 Å². The van der Waals surface area contributed by atoms with Crippen molar-refractivity contribution in [3.63, 3.8) is 0 Å². The third-order valence-corrected chi connectivity index (χ3v) is 2.52. The maximum atomic E-state index is 11.4. The van der Waals surface area contributed by atoms with Crippen LogP contribution in [0.5, 0.6) is 5.75 Å². The first-order valence-corrected chi connectivity index (χ1v) is 6.44. The number of allylic oxidation sites excluding steroid dienone is 2. The lowest BCUT2D eigenvalue weighted by Gasteiger charge is -2.03. The van der Waals surface area contributed by atoms with Crippen molar-refractivity contribution in [2.45, 2.75) is 0 Å². The predicted octanol–water partition coefficient (Wildman–Crippen LogP) is 1.99. The van der Waals surface area contributed by atoms with Crippen LogP contribution >= 0.6 is 0 Å². The van der Waals surface area contributed by atoms with Gasteiger partial charge in [0.15, 0.2) is 0 Å². The maximum absolute atomic E-state index is 11.4. The first kappa shape index (κ1) is 15.1. The molecule has 1 amide bonds. The molecular weight excluding hydrogens is 280 g/mol. The molecule has 22 heavy (non-hydrogen) atoms. The zero-order valence-corrected chi connectivity index (χ0v) is 11.7. The van der Waals surface area contributed by atoms with Gasteiger partial charge in [-0.2, -0.15) is 0 Å². The SMILES string of the molecule is NC(=O)C1=CC=CN=CC=NC=COc2ccccc2C=N1. The molecule has 1 aromatic carbocycles. The lowest BCUT2D eigenvalue weighted by atomic mass is 10.2. The Morgan fingerprint density at radius 1 is 1.09 bits per heavy atom. The quantitative estimate of drug-likeness (QED) is 0.858. The van der Waals surface area contributed by atoms with Crippen LogP contribution < -0.4 is 10.5 Å². The molecule has 0 spiro atoms. The number of amides is 1. The highest BCUT2D eigenvalue weighted by Gasteiger charge is 2.03. The van der Waals surface area contributed by atoms with E-state index < -0.39 is 5.91 Å². The Hall–Kier alpha value is -3.28. The van der Waals surface area contributed by atoms with E-state index in [0.29, 0.717) is 11.3 Å². The topological polar surface area (TPSA) is 89.4 Å². The molecule has 1 aliphatic rings. The lowest BCUT2D eigenvalue weighted by molar-refractivity contribution is -0.114. The number of aliphatic imine (C=N–C) groups is 3. The van der Waals surface area contributed by atoms with Crippen LogP contribution in [0.3, 0.4) is 0 Å². The fourth-order valence-electron chi connectivity index (χ4n) is 1.52. The van der Waals surface area contributed by atoms with Crippen LogP contribution in [0.15, 0.2) is 75.8 Å². The molecule has 1 heterocycles. The van der Waals surface area contributed by atoms with Crippen LogP contribution in [0.2, 0.25) is 0 Å². The summed E-state index contributed by atoms with van der Waals surface area (Å²) < 4.78 is 5.48. The maximum Gasteiger partial charge on any atom is 0.267 e. The minimum absolute atomic E-state index is 0.111. The van der Waals surface area contributed by atoms with Crippen molar-refractivity contribution in [1.82, 2.24) is 0 Å². The van der Waals surface area contributed by atoms with Crippen LogP contribution in [-0.4, -0.2) is 24.6 Å². The average molecular weight is 294 g/mol. The van der Waals surface area contributed by atoms with Crippen LogP contribution in [0, 0.1) is 0 Å².